The summed E-state index contributed by atoms with van der Waals surface area (Å²) in [6.45, 7) is 9.08. The molecule has 0 saturated carbocycles. The number of piperazine rings is 1. The maximum atomic E-state index is 12.8. The zero-order chi connectivity index (χ0) is 16.1. The summed E-state index contributed by atoms with van der Waals surface area (Å²) in [4.78, 5) is 17.1. The predicted octanol–water partition coefficient (Wildman–Crippen LogP) is 1.34. The van der Waals surface area contributed by atoms with Gasteiger partial charge in [0.05, 0.1) is 13.2 Å². The molecule has 0 bridgehead atoms. The van der Waals surface area contributed by atoms with Gasteiger partial charge in [0.15, 0.2) is 0 Å². The molecule has 2 aliphatic rings. The third-order valence-corrected chi connectivity index (χ3v) is 4.72. The molecule has 0 aromatic heterocycles. The third kappa shape index (κ3) is 4.31. The Morgan fingerprint density at radius 3 is 2.91 bits per heavy atom. The number of amides is 1. The molecule has 1 N–H and O–H groups in total. The molecule has 1 atom stereocenters. The maximum Gasteiger partial charge on any atom is 0.253 e. The van der Waals surface area contributed by atoms with Crippen LogP contribution in [0.4, 0.5) is 0 Å². The van der Waals surface area contributed by atoms with Crippen molar-refractivity contribution in [1.29, 1.82) is 0 Å². The van der Waals surface area contributed by atoms with Crippen LogP contribution in [0.25, 0.3) is 0 Å². The van der Waals surface area contributed by atoms with Crippen molar-refractivity contribution < 1.29 is 9.53 Å². The van der Waals surface area contributed by atoms with Crippen molar-refractivity contribution in [2.75, 3.05) is 45.9 Å². The molecule has 0 aliphatic carbocycles. The van der Waals surface area contributed by atoms with E-state index in [2.05, 4.69) is 29.3 Å². The van der Waals surface area contributed by atoms with Crippen molar-refractivity contribution in [3.8, 4) is 0 Å². The molecule has 2 fully saturated rings. The Morgan fingerprint density at radius 2 is 2.13 bits per heavy atom. The SMILES string of the molecule is CCC1CN(C(=O)c2cccc(CN3CCOCC3)c2)CCN1. The fourth-order valence-electron chi connectivity index (χ4n) is 3.29. The van der Waals surface area contributed by atoms with E-state index >= 15 is 0 Å². The third-order valence-electron chi connectivity index (χ3n) is 4.72. The van der Waals surface area contributed by atoms with Gasteiger partial charge in [0, 0.05) is 50.9 Å². The monoisotopic (exact) mass is 317 g/mol. The van der Waals surface area contributed by atoms with Crippen molar-refractivity contribution in [2.45, 2.75) is 25.9 Å². The molecule has 23 heavy (non-hydrogen) atoms. The number of morpholine rings is 1. The van der Waals surface area contributed by atoms with Gasteiger partial charge in [-0.3, -0.25) is 9.69 Å². The van der Waals surface area contributed by atoms with Gasteiger partial charge in [-0.15, -0.1) is 0 Å². The van der Waals surface area contributed by atoms with Crippen LogP contribution >= 0.6 is 0 Å². The van der Waals surface area contributed by atoms with E-state index in [1.54, 1.807) is 0 Å². The van der Waals surface area contributed by atoms with Gasteiger partial charge in [0.2, 0.25) is 0 Å². The van der Waals surface area contributed by atoms with Crippen molar-refractivity contribution >= 4 is 5.91 Å². The molecule has 0 spiro atoms. The Labute approximate surface area is 138 Å². The van der Waals surface area contributed by atoms with Crippen LogP contribution in [-0.2, 0) is 11.3 Å². The topological polar surface area (TPSA) is 44.8 Å². The summed E-state index contributed by atoms with van der Waals surface area (Å²) in [6, 6.07) is 8.53. The first-order chi connectivity index (χ1) is 11.3. The highest BCUT2D eigenvalue weighted by Gasteiger charge is 2.23. The molecule has 1 unspecified atom stereocenters. The lowest BCUT2D eigenvalue weighted by molar-refractivity contribution is 0.0341. The van der Waals surface area contributed by atoms with Gasteiger partial charge < -0.3 is 15.0 Å². The van der Waals surface area contributed by atoms with Gasteiger partial charge in [-0.1, -0.05) is 19.1 Å². The molecule has 1 amide bonds. The first-order valence-corrected chi connectivity index (χ1v) is 8.68. The van der Waals surface area contributed by atoms with E-state index in [-0.39, 0.29) is 5.91 Å². The van der Waals surface area contributed by atoms with E-state index in [1.807, 2.05) is 17.0 Å². The Balaban J connectivity index is 1.65. The molecule has 1 aromatic rings. The summed E-state index contributed by atoms with van der Waals surface area (Å²) in [5.74, 6) is 0.161. The lowest BCUT2D eigenvalue weighted by Crippen LogP contribution is -2.52. The predicted molar refractivity (Wildman–Crippen MR) is 90.5 cm³/mol. The van der Waals surface area contributed by atoms with Gasteiger partial charge in [0.25, 0.3) is 5.91 Å². The number of benzene rings is 1. The minimum atomic E-state index is 0.161. The van der Waals surface area contributed by atoms with Crippen LogP contribution in [0, 0.1) is 0 Å². The van der Waals surface area contributed by atoms with Gasteiger partial charge in [-0.25, -0.2) is 0 Å². The second-order valence-electron chi connectivity index (χ2n) is 6.40. The average molecular weight is 317 g/mol. The second-order valence-corrected chi connectivity index (χ2v) is 6.40. The summed E-state index contributed by atoms with van der Waals surface area (Å²) in [6.07, 6.45) is 1.06. The van der Waals surface area contributed by atoms with E-state index < -0.39 is 0 Å². The van der Waals surface area contributed by atoms with Crippen LogP contribution in [0.5, 0.6) is 0 Å². The number of carbonyl (C=O) groups is 1. The van der Waals surface area contributed by atoms with E-state index in [1.165, 1.54) is 5.56 Å². The van der Waals surface area contributed by atoms with Crippen molar-refractivity contribution in [3.63, 3.8) is 0 Å². The minimum Gasteiger partial charge on any atom is -0.379 e. The van der Waals surface area contributed by atoms with Crippen molar-refractivity contribution in [2.24, 2.45) is 0 Å². The molecule has 5 nitrogen and oxygen atoms in total. The number of hydrogen-bond donors (Lipinski definition) is 1. The Bertz CT molecular complexity index is 529. The number of nitrogens with one attached hydrogen (secondary N) is 1. The molecule has 5 heteroatoms. The summed E-state index contributed by atoms with van der Waals surface area (Å²) in [5.41, 5.74) is 2.02. The standard InChI is InChI=1S/C18H27N3O2/c1-2-17-14-21(7-6-19-17)18(22)16-5-3-4-15(12-16)13-20-8-10-23-11-9-20/h3-5,12,17,19H,2,6-11,13-14H2,1H3. The fraction of sp³-hybridized carbons (Fsp3) is 0.611. The van der Waals surface area contributed by atoms with Crippen molar-refractivity contribution in [1.82, 2.24) is 15.1 Å². The minimum absolute atomic E-state index is 0.161. The summed E-state index contributed by atoms with van der Waals surface area (Å²) < 4.78 is 5.39. The summed E-state index contributed by atoms with van der Waals surface area (Å²) in [7, 11) is 0. The number of carbonyl (C=O) groups excluding carboxylic acids is 1. The van der Waals surface area contributed by atoms with Crippen LogP contribution in [0.15, 0.2) is 24.3 Å². The molecule has 2 saturated heterocycles. The van der Waals surface area contributed by atoms with E-state index in [0.717, 1.165) is 64.5 Å². The molecule has 2 heterocycles. The van der Waals surface area contributed by atoms with Crippen LogP contribution in [0.3, 0.4) is 0 Å². The van der Waals surface area contributed by atoms with Crippen LogP contribution < -0.4 is 5.32 Å². The van der Waals surface area contributed by atoms with Gasteiger partial charge in [-0.2, -0.15) is 0 Å². The highest BCUT2D eigenvalue weighted by atomic mass is 16.5. The second kappa shape index (κ2) is 7.90. The molecule has 126 valence electrons. The average Bonchev–Trinajstić information content (AvgIpc) is 2.62. The van der Waals surface area contributed by atoms with Crippen LogP contribution in [0.2, 0.25) is 0 Å². The summed E-state index contributed by atoms with van der Waals surface area (Å²) in [5, 5.41) is 3.46. The van der Waals surface area contributed by atoms with Gasteiger partial charge in [0.1, 0.15) is 0 Å². The van der Waals surface area contributed by atoms with E-state index in [9.17, 15) is 4.79 Å². The zero-order valence-corrected chi connectivity index (χ0v) is 14.0. The summed E-state index contributed by atoms with van der Waals surface area (Å²) >= 11 is 0. The van der Waals surface area contributed by atoms with Crippen LogP contribution in [0.1, 0.15) is 29.3 Å². The van der Waals surface area contributed by atoms with Gasteiger partial charge in [-0.05, 0) is 24.1 Å². The molecule has 3 rings (SSSR count). The Kier molecular flexibility index (Phi) is 5.65. The molecule has 0 radical (unpaired) electrons. The molecular formula is C18H27N3O2. The first-order valence-electron chi connectivity index (χ1n) is 8.68. The Morgan fingerprint density at radius 1 is 1.30 bits per heavy atom. The number of rotatable bonds is 4. The lowest BCUT2D eigenvalue weighted by Gasteiger charge is -2.33. The normalized spacial score (nSPS) is 23.0. The van der Waals surface area contributed by atoms with E-state index in [0.29, 0.717) is 6.04 Å². The molecule has 1 aromatic carbocycles. The Hall–Kier alpha value is -1.43. The number of hydrogen-bond acceptors (Lipinski definition) is 4. The van der Waals surface area contributed by atoms with Gasteiger partial charge >= 0.3 is 0 Å². The lowest BCUT2D eigenvalue weighted by atomic mass is 10.1. The maximum absolute atomic E-state index is 12.8. The highest BCUT2D eigenvalue weighted by Crippen LogP contribution is 2.13. The van der Waals surface area contributed by atoms with Crippen LogP contribution in [-0.4, -0.2) is 67.7 Å². The zero-order valence-electron chi connectivity index (χ0n) is 14.0. The fourth-order valence-corrected chi connectivity index (χ4v) is 3.29. The highest BCUT2D eigenvalue weighted by molar-refractivity contribution is 5.94. The largest absolute Gasteiger partial charge is 0.379 e. The quantitative estimate of drug-likeness (QED) is 0.910. The molecular weight excluding hydrogens is 290 g/mol. The van der Waals surface area contributed by atoms with Crippen molar-refractivity contribution in [3.05, 3.63) is 35.4 Å². The number of nitrogens with zero attached hydrogens (tertiary/aromatic N) is 2. The first kappa shape index (κ1) is 16.4. The smallest absolute Gasteiger partial charge is 0.253 e. The van der Waals surface area contributed by atoms with E-state index in [4.69, 9.17) is 4.74 Å². The number of ether oxygens (including phenoxy) is 1. The molecule has 2 aliphatic heterocycles.